The highest BCUT2D eigenvalue weighted by atomic mass is 16.5. The third kappa shape index (κ3) is 4.02. The molecule has 80 valence electrons. The smallest absolute Gasteiger partial charge is 0.327 e. The molecule has 0 heterocycles. The van der Waals surface area contributed by atoms with E-state index in [9.17, 15) is 9.59 Å². The van der Waals surface area contributed by atoms with Crippen LogP contribution in [-0.2, 0) is 19.1 Å². The third-order valence-corrected chi connectivity index (χ3v) is 1.87. The highest BCUT2D eigenvalue weighted by molar-refractivity contribution is 6.01. The summed E-state index contributed by atoms with van der Waals surface area (Å²) in [6.45, 7) is 3.27. The van der Waals surface area contributed by atoms with Gasteiger partial charge in [0, 0.05) is 5.71 Å². The molecule has 0 aliphatic heterocycles. The Morgan fingerprint density at radius 1 is 1.29 bits per heavy atom. The summed E-state index contributed by atoms with van der Waals surface area (Å²) in [5, 5.41) is 0. The molecule has 0 saturated heterocycles. The second kappa shape index (κ2) is 6.12. The van der Waals surface area contributed by atoms with E-state index in [1.165, 1.54) is 14.2 Å². The van der Waals surface area contributed by atoms with Gasteiger partial charge in [0.2, 0.25) is 0 Å². The summed E-state index contributed by atoms with van der Waals surface area (Å²) < 4.78 is 8.94. The van der Waals surface area contributed by atoms with Gasteiger partial charge in [-0.2, -0.15) is 0 Å². The topological polar surface area (TPSA) is 65.0 Å². The maximum absolute atomic E-state index is 11.0. The van der Waals surface area contributed by atoms with Crippen molar-refractivity contribution in [3.05, 3.63) is 0 Å². The number of esters is 2. The summed E-state index contributed by atoms with van der Waals surface area (Å²) in [6, 6.07) is 0. The van der Waals surface area contributed by atoms with E-state index < -0.39 is 11.9 Å². The van der Waals surface area contributed by atoms with Crippen LogP contribution in [0.3, 0.4) is 0 Å². The molecule has 0 saturated carbocycles. The Morgan fingerprint density at radius 2 is 1.86 bits per heavy atom. The van der Waals surface area contributed by atoms with Gasteiger partial charge in [0.25, 0.3) is 0 Å². The van der Waals surface area contributed by atoms with E-state index in [1.54, 1.807) is 13.8 Å². The normalized spacial score (nSPS) is 13.3. The van der Waals surface area contributed by atoms with Crippen molar-refractivity contribution in [3.63, 3.8) is 0 Å². The minimum atomic E-state index is -0.429. The van der Waals surface area contributed by atoms with Crippen molar-refractivity contribution >= 4 is 17.7 Å². The monoisotopic (exact) mass is 201 g/mol. The van der Waals surface area contributed by atoms with Crippen molar-refractivity contribution in [3.8, 4) is 0 Å². The molecule has 1 atom stereocenters. The second-order valence-electron chi connectivity index (χ2n) is 2.78. The fraction of sp³-hybridized carbons (Fsp3) is 0.667. The number of ether oxygens (including phenoxy) is 2. The van der Waals surface area contributed by atoms with E-state index >= 15 is 0 Å². The number of nitrogens with zero attached hydrogens (tertiary/aromatic N) is 1. The lowest BCUT2D eigenvalue weighted by atomic mass is 10.1. The van der Waals surface area contributed by atoms with Crippen LogP contribution in [0, 0.1) is 5.92 Å². The lowest BCUT2D eigenvalue weighted by molar-refractivity contribution is -0.142. The summed E-state index contributed by atoms with van der Waals surface area (Å²) >= 11 is 0. The van der Waals surface area contributed by atoms with E-state index in [1.807, 2.05) is 0 Å². The van der Waals surface area contributed by atoms with E-state index in [2.05, 4.69) is 14.5 Å². The fourth-order valence-electron chi connectivity index (χ4n) is 0.738. The van der Waals surface area contributed by atoms with Gasteiger partial charge in [-0.05, 0) is 13.8 Å². The van der Waals surface area contributed by atoms with Crippen molar-refractivity contribution in [2.75, 3.05) is 20.8 Å². The van der Waals surface area contributed by atoms with E-state index in [0.717, 1.165) is 0 Å². The molecule has 0 fully saturated rings. The maximum Gasteiger partial charge on any atom is 0.327 e. The number of methoxy groups -OCH3 is 2. The van der Waals surface area contributed by atoms with E-state index in [4.69, 9.17) is 0 Å². The van der Waals surface area contributed by atoms with Gasteiger partial charge in [0.1, 0.15) is 6.54 Å². The first kappa shape index (κ1) is 12.6. The van der Waals surface area contributed by atoms with Gasteiger partial charge in [-0.15, -0.1) is 0 Å². The predicted octanol–water partition coefficient (Wildman–Crippen LogP) is 0.429. The van der Waals surface area contributed by atoms with E-state index in [0.29, 0.717) is 5.71 Å². The van der Waals surface area contributed by atoms with Crippen LogP contribution in [-0.4, -0.2) is 38.4 Å². The fourth-order valence-corrected chi connectivity index (χ4v) is 0.738. The Kier molecular flexibility index (Phi) is 5.52. The molecule has 14 heavy (non-hydrogen) atoms. The van der Waals surface area contributed by atoms with Crippen molar-refractivity contribution in [2.24, 2.45) is 10.9 Å². The molecular weight excluding hydrogens is 186 g/mol. The molecule has 0 aromatic carbocycles. The number of rotatable bonds is 4. The number of hydrogen-bond acceptors (Lipinski definition) is 5. The summed E-state index contributed by atoms with van der Waals surface area (Å²) in [5.74, 6) is -1.22. The standard InChI is InChI=1S/C9H15NO4/c1-6(9(12)14-4)7(2)10-5-8(11)13-3/h6H,5H2,1-4H3. The number of carbonyl (C=O) groups excluding carboxylic acids is 2. The summed E-state index contributed by atoms with van der Waals surface area (Å²) in [7, 11) is 2.60. The number of carbonyl (C=O) groups is 2. The number of hydrogen-bond donors (Lipinski definition) is 0. The van der Waals surface area contributed by atoms with Crippen LogP contribution < -0.4 is 0 Å². The van der Waals surface area contributed by atoms with Crippen LogP contribution in [0.4, 0.5) is 0 Å². The largest absolute Gasteiger partial charge is 0.469 e. The van der Waals surface area contributed by atoms with Gasteiger partial charge in [-0.3, -0.25) is 14.6 Å². The van der Waals surface area contributed by atoms with Crippen molar-refractivity contribution < 1.29 is 19.1 Å². The molecule has 1 unspecified atom stereocenters. The molecule has 0 radical (unpaired) electrons. The van der Waals surface area contributed by atoms with Gasteiger partial charge in [-0.1, -0.05) is 0 Å². The van der Waals surface area contributed by atoms with Crippen molar-refractivity contribution in [2.45, 2.75) is 13.8 Å². The molecule has 0 aliphatic rings. The number of aliphatic imine (C=N–C) groups is 1. The Balaban J connectivity index is 4.23. The van der Waals surface area contributed by atoms with Gasteiger partial charge in [-0.25, -0.2) is 0 Å². The Labute approximate surface area is 83.1 Å². The van der Waals surface area contributed by atoms with Crippen molar-refractivity contribution in [1.82, 2.24) is 0 Å². The maximum atomic E-state index is 11.0. The molecule has 0 spiro atoms. The molecule has 0 rings (SSSR count). The zero-order valence-corrected chi connectivity index (χ0v) is 8.86. The van der Waals surface area contributed by atoms with Crippen LogP contribution in [0.1, 0.15) is 13.8 Å². The van der Waals surface area contributed by atoms with Gasteiger partial charge < -0.3 is 9.47 Å². The average Bonchev–Trinajstić information content (AvgIpc) is 2.22. The molecule has 5 nitrogen and oxygen atoms in total. The molecule has 0 N–H and O–H groups in total. The first-order valence-corrected chi connectivity index (χ1v) is 4.18. The summed E-state index contributed by atoms with van der Waals surface area (Å²) in [4.78, 5) is 25.7. The minimum absolute atomic E-state index is 0.0658. The molecule has 0 aromatic heterocycles. The predicted molar refractivity (Wildman–Crippen MR) is 51.2 cm³/mol. The Hall–Kier alpha value is -1.39. The first-order valence-electron chi connectivity index (χ1n) is 4.18. The van der Waals surface area contributed by atoms with Crippen LogP contribution in [0.15, 0.2) is 4.99 Å². The molecular formula is C9H15NO4. The third-order valence-electron chi connectivity index (χ3n) is 1.87. The Morgan fingerprint density at radius 3 is 2.29 bits per heavy atom. The lowest BCUT2D eigenvalue weighted by Crippen LogP contribution is -2.21. The van der Waals surface area contributed by atoms with Gasteiger partial charge in [0.05, 0.1) is 20.1 Å². The van der Waals surface area contributed by atoms with E-state index in [-0.39, 0.29) is 12.5 Å². The van der Waals surface area contributed by atoms with Crippen LogP contribution >= 0.6 is 0 Å². The second-order valence-corrected chi connectivity index (χ2v) is 2.78. The molecule has 0 bridgehead atoms. The van der Waals surface area contributed by atoms with Gasteiger partial charge >= 0.3 is 11.9 Å². The highest BCUT2D eigenvalue weighted by Gasteiger charge is 2.16. The lowest BCUT2D eigenvalue weighted by Gasteiger charge is -2.07. The van der Waals surface area contributed by atoms with Gasteiger partial charge in [0.15, 0.2) is 0 Å². The molecule has 5 heteroatoms. The minimum Gasteiger partial charge on any atom is -0.469 e. The highest BCUT2D eigenvalue weighted by Crippen LogP contribution is 2.01. The summed E-state index contributed by atoms with van der Waals surface area (Å²) in [6.07, 6.45) is 0. The zero-order valence-electron chi connectivity index (χ0n) is 8.86. The quantitative estimate of drug-likeness (QED) is 0.488. The molecule has 0 aromatic rings. The SMILES string of the molecule is COC(=O)CN=C(C)C(C)C(=O)OC. The van der Waals surface area contributed by atoms with Crippen molar-refractivity contribution in [1.29, 1.82) is 0 Å². The molecule has 0 aliphatic carbocycles. The molecule has 0 amide bonds. The van der Waals surface area contributed by atoms with Crippen LogP contribution in [0.25, 0.3) is 0 Å². The Bertz CT molecular complexity index is 247. The zero-order chi connectivity index (χ0) is 11.1. The van der Waals surface area contributed by atoms with Crippen LogP contribution in [0.2, 0.25) is 0 Å². The average molecular weight is 201 g/mol. The first-order chi connectivity index (χ1) is 6.52. The van der Waals surface area contributed by atoms with Crippen LogP contribution in [0.5, 0.6) is 0 Å². The summed E-state index contributed by atoms with van der Waals surface area (Å²) in [5.41, 5.74) is 0.558.